The van der Waals surface area contributed by atoms with Gasteiger partial charge in [0.15, 0.2) is 0 Å². The van der Waals surface area contributed by atoms with E-state index in [1.165, 1.54) is 7.11 Å². The number of rotatable bonds is 2. The van der Waals surface area contributed by atoms with Crippen molar-refractivity contribution in [3.63, 3.8) is 0 Å². The van der Waals surface area contributed by atoms with Gasteiger partial charge in [0, 0.05) is 31.7 Å². The van der Waals surface area contributed by atoms with Crippen LogP contribution in [0.2, 0.25) is 0 Å². The van der Waals surface area contributed by atoms with Gasteiger partial charge in [-0.1, -0.05) is 0 Å². The van der Waals surface area contributed by atoms with Crippen LogP contribution in [0.5, 0.6) is 5.75 Å². The fraction of sp³-hybridized carbons (Fsp3) is 0.467. The van der Waals surface area contributed by atoms with E-state index in [-0.39, 0.29) is 12.0 Å². The minimum atomic E-state index is -0.339. The Labute approximate surface area is 124 Å². The summed E-state index contributed by atoms with van der Waals surface area (Å²) in [4.78, 5) is 27.4. The maximum atomic E-state index is 12.4. The van der Waals surface area contributed by atoms with Crippen LogP contribution in [0.4, 0.5) is 4.79 Å². The van der Waals surface area contributed by atoms with E-state index < -0.39 is 0 Å². The first kappa shape index (κ1) is 15.2. The van der Waals surface area contributed by atoms with E-state index in [0.29, 0.717) is 31.7 Å². The molecule has 1 aliphatic rings. The number of hydrogen-bond donors (Lipinski definition) is 0. The zero-order valence-corrected chi connectivity index (χ0v) is 12.4. The number of ether oxygens (including phenoxy) is 2. The van der Waals surface area contributed by atoms with Gasteiger partial charge in [-0.15, -0.1) is 0 Å². The Hall–Kier alpha value is -2.24. The molecule has 1 aliphatic heterocycles. The van der Waals surface area contributed by atoms with Crippen LogP contribution in [0.15, 0.2) is 24.3 Å². The molecule has 1 fully saturated rings. The summed E-state index contributed by atoms with van der Waals surface area (Å²) in [6, 6.07) is 7.05. The van der Waals surface area contributed by atoms with Crippen molar-refractivity contribution in [2.24, 2.45) is 0 Å². The SMILES string of the molecule is COC(=O)N1CCCN(C(=O)c2ccc(OC)cc2)CC1. The van der Waals surface area contributed by atoms with Crippen molar-refractivity contribution in [1.29, 1.82) is 0 Å². The number of benzene rings is 1. The fourth-order valence-corrected chi connectivity index (χ4v) is 2.35. The largest absolute Gasteiger partial charge is 0.497 e. The average molecular weight is 292 g/mol. The molecule has 2 rings (SSSR count). The Balaban J connectivity index is 2.00. The van der Waals surface area contributed by atoms with E-state index in [2.05, 4.69) is 0 Å². The maximum absolute atomic E-state index is 12.4. The minimum Gasteiger partial charge on any atom is -0.497 e. The highest BCUT2D eigenvalue weighted by Crippen LogP contribution is 2.14. The Morgan fingerprint density at radius 1 is 0.952 bits per heavy atom. The molecular weight excluding hydrogens is 272 g/mol. The van der Waals surface area contributed by atoms with Crippen molar-refractivity contribution in [2.75, 3.05) is 40.4 Å². The second kappa shape index (κ2) is 6.97. The van der Waals surface area contributed by atoms with E-state index >= 15 is 0 Å². The lowest BCUT2D eigenvalue weighted by molar-refractivity contribution is 0.0757. The van der Waals surface area contributed by atoms with Gasteiger partial charge in [-0.3, -0.25) is 4.79 Å². The molecule has 6 heteroatoms. The number of carbonyl (C=O) groups excluding carboxylic acids is 2. The zero-order valence-electron chi connectivity index (χ0n) is 12.4. The summed E-state index contributed by atoms with van der Waals surface area (Å²) >= 11 is 0. The van der Waals surface area contributed by atoms with Crippen LogP contribution in [-0.4, -0.2) is 62.2 Å². The first-order valence-corrected chi connectivity index (χ1v) is 6.92. The molecule has 114 valence electrons. The quantitative estimate of drug-likeness (QED) is 0.831. The molecule has 0 radical (unpaired) electrons. The van der Waals surface area contributed by atoms with Gasteiger partial charge >= 0.3 is 6.09 Å². The third-order valence-corrected chi connectivity index (χ3v) is 3.55. The minimum absolute atomic E-state index is 0.0237. The third-order valence-electron chi connectivity index (χ3n) is 3.55. The van der Waals surface area contributed by atoms with Crippen LogP contribution in [-0.2, 0) is 4.74 Å². The van der Waals surface area contributed by atoms with Crippen LogP contribution < -0.4 is 4.74 Å². The molecule has 0 N–H and O–H groups in total. The van der Waals surface area contributed by atoms with Crippen molar-refractivity contribution in [3.05, 3.63) is 29.8 Å². The summed E-state index contributed by atoms with van der Waals surface area (Å²) in [5, 5.41) is 0. The Morgan fingerprint density at radius 2 is 1.57 bits per heavy atom. The normalized spacial score (nSPS) is 15.3. The standard InChI is InChI=1S/C15H20N2O4/c1-20-13-6-4-12(5-7-13)14(18)16-8-3-9-17(11-10-16)15(19)21-2/h4-7H,3,8-11H2,1-2H3. The van der Waals surface area contributed by atoms with Crippen molar-refractivity contribution in [3.8, 4) is 5.75 Å². The van der Waals surface area contributed by atoms with Crippen molar-refractivity contribution < 1.29 is 19.1 Å². The molecule has 6 nitrogen and oxygen atoms in total. The number of methoxy groups -OCH3 is 2. The van der Waals surface area contributed by atoms with Crippen molar-refractivity contribution >= 4 is 12.0 Å². The Bertz CT molecular complexity index is 501. The predicted molar refractivity (Wildman–Crippen MR) is 77.5 cm³/mol. The van der Waals surface area contributed by atoms with E-state index in [9.17, 15) is 9.59 Å². The summed E-state index contributed by atoms with van der Waals surface area (Å²) in [6.07, 6.45) is 0.408. The first-order valence-electron chi connectivity index (χ1n) is 6.92. The average Bonchev–Trinajstić information content (AvgIpc) is 2.79. The third kappa shape index (κ3) is 3.65. The van der Waals surface area contributed by atoms with Crippen molar-refractivity contribution in [2.45, 2.75) is 6.42 Å². The highest BCUT2D eigenvalue weighted by molar-refractivity contribution is 5.94. The number of amides is 2. The zero-order chi connectivity index (χ0) is 15.2. The van der Waals surface area contributed by atoms with Crippen LogP contribution in [0, 0.1) is 0 Å². The molecule has 1 saturated heterocycles. The summed E-state index contributed by atoms with van der Waals surface area (Å²) in [5.74, 6) is 0.698. The van der Waals surface area contributed by atoms with Gasteiger partial charge in [0.2, 0.25) is 0 Å². The molecule has 0 bridgehead atoms. The molecule has 1 aromatic rings. The molecule has 0 spiro atoms. The van der Waals surface area contributed by atoms with Crippen molar-refractivity contribution in [1.82, 2.24) is 9.80 Å². The van der Waals surface area contributed by atoms with Gasteiger partial charge in [0.05, 0.1) is 14.2 Å². The Morgan fingerprint density at radius 3 is 2.19 bits per heavy atom. The number of hydrogen-bond acceptors (Lipinski definition) is 4. The van der Waals surface area contributed by atoms with E-state index in [0.717, 1.165) is 12.2 Å². The maximum Gasteiger partial charge on any atom is 0.409 e. The Kier molecular flexibility index (Phi) is 5.03. The van der Waals surface area contributed by atoms with Crippen LogP contribution in [0.3, 0.4) is 0 Å². The molecule has 2 amide bonds. The molecule has 1 aromatic carbocycles. The van der Waals surface area contributed by atoms with Gasteiger partial charge < -0.3 is 19.3 Å². The highest BCUT2D eigenvalue weighted by Gasteiger charge is 2.23. The summed E-state index contributed by atoms with van der Waals surface area (Å²) in [6.45, 7) is 2.26. The smallest absolute Gasteiger partial charge is 0.409 e. The lowest BCUT2D eigenvalue weighted by Crippen LogP contribution is -2.37. The van der Waals surface area contributed by atoms with Gasteiger partial charge in [-0.2, -0.15) is 0 Å². The fourth-order valence-electron chi connectivity index (χ4n) is 2.35. The van der Waals surface area contributed by atoms with Gasteiger partial charge in [-0.05, 0) is 30.7 Å². The van der Waals surface area contributed by atoms with E-state index in [4.69, 9.17) is 9.47 Å². The van der Waals surface area contributed by atoms with E-state index in [1.54, 1.807) is 41.2 Å². The summed E-state index contributed by atoms with van der Waals surface area (Å²) in [5.41, 5.74) is 0.627. The highest BCUT2D eigenvalue weighted by atomic mass is 16.5. The molecule has 0 saturated carbocycles. The molecule has 1 heterocycles. The van der Waals surface area contributed by atoms with Gasteiger partial charge in [0.1, 0.15) is 5.75 Å². The number of nitrogens with zero attached hydrogens (tertiary/aromatic N) is 2. The summed E-state index contributed by atoms with van der Waals surface area (Å²) in [7, 11) is 2.96. The molecule has 0 unspecified atom stereocenters. The molecular formula is C15H20N2O4. The van der Waals surface area contributed by atoms with Crippen LogP contribution in [0.25, 0.3) is 0 Å². The molecule has 0 aliphatic carbocycles. The molecule has 0 atom stereocenters. The monoisotopic (exact) mass is 292 g/mol. The molecule has 21 heavy (non-hydrogen) atoms. The van der Waals surface area contributed by atoms with Gasteiger partial charge in [0.25, 0.3) is 5.91 Å². The predicted octanol–water partition coefficient (Wildman–Crippen LogP) is 1.61. The first-order chi connectivity index (χ1) is 10.2. The molecule has 0 aromatic heterocycles. The number of carbonyl (C=O) groups is 2. The van der Waals surface area contributed by atoms with E-state index in [1.807, 2.05) is 0 Å². The lowest BCUT2D eigenvalue weighted by atomic mass is 10.2. The second-order valence-electron chi connectivity index (χ2n) is 4.83. The lowest BCUT2D eigenvalue weighted by Gasteiger charge is -2.21. The topological polar surface area (TPSA) is 59.1 Å². The van der Waals surface area contributed by atoms with Crippen LogP contribution in [0.1, 0.15) is 16.8 Å². The second-order valence-corrected chi connectivity index (χ2v) is 4.83. The van der Waals surface area contributed by atoms with Gasteiger partial charge in [-0.25, -0.2) is 4.79 Å². The summed E-state index contributed by atoms with van der Waals surface area (Å²) < 4.78 is 9.80. The van der Waals surface area contributed by atoms with Crippen LogP contribution >= 0.6 is 0 Å².